The van der Waals surface area contributed by atoms with E-state index < -0.39 is 0 Å². The van der Waals surface area contributed by atoms with Gasteiger partial charge in [0.15, 0.2) is 5.78 Å². The van der Waals surface area contributed by atoms with Gasteiger partial charge in [-0.3, -0.25) is 4.79 Å². The van der Waals surface area contributed by atoms with Gasteiger partial charge in [-0.1, -0.05) is 43.7 Å². The number of aromatic amines is 1. The highest BCUT2D eigenvalue weighted by Crippen LogP contribution is 2.13. The third-order valence-corrected chi connectivity index (χ3v) is 3.14. The molecule has 0 bridgehead atoms. The van der Waals surface area contributed by atoms with Gasteiger partial charge < -0.3 is 4.98 Å². The van der Waals surface area contributed by atoms with Gasteiger partial charge in [0.2, 0.25) is 0 Å². The van der Waals surface area contributed by atoms with E-state index in [1.807, 2.05) is 36.4 Å². The molecule has 0 aliphatic carbocycles. The number of aryl methyl sites for hydroxylation is 2. The average Bonchev–Trinajstić information content (AvgIpc) is 2.78. The number of benzene rings is 1. The standard InChI is InChI=1S/C17H19NO/c1-3-7-15-12-16(18-13(15)2)10-11-17(19)14-8-5-4-6-9-14/h4-6,8-12,18H,3,7H2,1-2H3/b11-10+. The Balaban J connectivity index is 2.10. The first-order chi connectivity index (χ1) is 9.20. The van der Waals surface area contributed by atoms with E-state index in [1.165, 1.54) is 11.3 Å². The summed E-state index contributed by atoms with van der Waals surface area (Å²) in [5.74, 6) is 0.0323. The predicted molar refractivity (Wildman–Crippen MR) is 79.3 cm³/mol. The minimum atomic E-state index is 0.0323. The molecule has 0 aliphatic heterocycles. The van der Waals surface area contributed by atoms with Crippen molar-refractivity contribution >= 4 is 11.9 Å². The summed E-state index contributed by atoms with van der Waals surface area (Å²) < 4.78 is 0. The van der Waals surface area contributed by atoms with Crippen LogP contribution in [0.4, 0.5) is 0 Å². The molecule has 1 heterocycles. The molecule has 0 saturated carbocycles. The summed E-state index contributed by atoms with van der Waals surface area (Å²) in [6.45, 7) is 4.24. The van der Waals surface area contributed by atoms with E-state index in [0.29, 0.717) is 0 Å². The van der Waals surface area contributed by atoms with Crippen LogP contribution in [0.2, 0.25) is 0 Å². The van der Waals surface area contributed by atoms with Crippen molar-refractivity contribution in [1.82, 2.24) is 4.98 Å². The Morgan fingerprint density at radius 1 is 1.26 bits per heavy atom. The van der Waals surface area contributed by atoms with Crippen LogP contribution in [-0.2, 0) is 6.42 Å². The van der Waals surface area contributed by atoms with E-state index in [-0.39, 0.29) is 5.78 Å². The quantitative estimate of drug-likeness (QED) is 0.629. The zero-order valence-electron chi connectivity index (χ0n) is 11.4. The normalized spacial score (nSPS) is 11.1. The predicted octanol–water partition coefficient (Wildman–Crippen LogP) is 4.17. The Morgan fingerprint density at radius 2 is 2.00 bits per heavy atom. The number of allylic oxidation sites excluding steroid dienone is 1. The fourth-order valence-electron chi connectivity index (χ4n) is 2.11. The summed E-state index contributed by atoms with van der Waals surface area (Å²) in [5.41, 5.74) is 4.23. The molecule has 1 aromatic carbocycles. The van der Waals surface area contributed by atoms with Crippen LogP contribution < -0.4 is 0 Å². The number of ketones is 1. The van der Waals surface area contributed by atoms with Crippen LogP contribution in [0, 0.1) is 6.92 Å². The molecule has 2 nitrogen and oxygen atoms in total. The van der Waals surface area contributed by atoms with Crippen molar-refractivity contribution in [1.29, 1.82) is 0 Å². The third kappa shape index (κ3) is 3.44. The lowest BCUT2D eigenvalue weighted by Gasteiger charge is -1.93. The fraction of sp³-hybridized carbons (Fsp3) is 0.235. The smallest absolute Gasteiger partial charge is 0.185 e. The molecule has 1 aromatic heterocycles. The lowest BCUT2D eigenvalue weighted by molar-refractivity contribution is 0.104. The van der Waals surface area contributed by atoms with Gasteiger partial charge in [-0.2, -0.15) is 0 Å². The summed E-state index contributed by atoms with van der Waals surface area (Å²) >= 11 is 0. The molecule has 2 heteroatoms. The molecule has 1 N–H and O–H groups in total. The zero-order chi connectivity index (χ0) is 13.7. The molecular formula is C17H19NO. The molecule has 0 atom stereocenters. The van der Waals surface area contributed by atoms with Crippen LogP contribution in [0.25, 0.3) is 6.08 Å². The Hall–Kier alpha value is -2.09. The van der Waals surface area contributed by atoms with Crippen molar-refractivity contribution in [2.75, 3.05) is 0 Å². The molecule has 0 saturated heterocycles. The van der Waals surface area contributed by atoms with E-state index in [2.05, 4.69) is 24.9 Å². The van der Waals surface area contributed by atoms with Gasteiger partial charge in [0, 0.05) is 17.0 Å². The minimum Gasteiger partial charge on any atom is -0.359 e. The fourth-order valence-corrected chi connectivity index (χ4v) is 2.11. The number of carbonyl (C=O) groups is 1. The van der Waals surface area contributed by atoms with Crippen LogP contribution in [0.3, 0.4) is 0 Å². The molecule has 0 radical (unpaired) electrons. The molecule has 98 valence electrons. The van der Waals surface area contributed by atoms with Crippen molar-refractivity contribution < 1.29 is 4.79 Å². The third-order valence-electron chi connectivity index (χ3n) is 3.14. The number of rotatable bonds is 5. The Labute approximate surface area is 114 Å². The van der Waals surface area contributed by atoms with Gasteiger partial charge in [0.1, 0.15) is 0 Å². The zero-order valence-corrected chi connectivity index (χ0v) is 11.4. The monoisotopic (exact) mass is 253 g/mol. The second kappa shape index (κ2) is 6.19. The molecule has 19 heavy (non-hydrogen) atoms. The Kier molecular flexibility index (Phi) is 4.35. The highest BCUT2D eigenvalue weighted by Gasteiger charge is 2.03. The second-order valence-corrected chi connectivity index (χ2v) is 4.69. The highest BCUT2D eigenvalue weighted by atomic mass is 16.1. The van der Waals surface area contributed by atoms with Gasteiger partial charge in [-0.15, -0.1) is 0 Å². The molecule has 2 rings (SSSR count). The largest absolute Gasteiger partial charge is 0.359 e. The van der Waals surface area contributed by atoms with Gasteiger partial charge >= 0.3 is 0 Å². The number of nitrogens with one attached hydrogen (secondary N) is 1. The van der Waals surface area contributed by atoms with E-state index in [1.54, 1.807) is 6.08 Å². The maximum atomic E-state index is 11.9. The SMILES string of the molecule is CCCc1cc(/C=C/C(=O)c2ccccc2)[nH]c1C. The summed E-state index contributed by atoms with van der Waals surface area (Å²) in [7, 11) is 0. The van der Waals surface area contributed by atoms with E-state index in [0.717, 1.165) is 24.1 Å². The van der Waals surface area contributed by atoms with Crippen LogP contribution in [-0.4, -0.2) is 10.8 Å². The molecule has 0 unspecified atom stereocenters. The van der Waals surface area contributed by atoms with Crippen LogP contribution in [0.15, 0.2) is 42.5 Å². The molecule has 0 spiro atoms. The van der Waals surface area contributed by atoms with Gasteiger partial charge in [0.25, 0.3) is 0 Å². The summed E-state index contributed by atoms with van der Waals surface area (Å²) in [4.78, 5) is 15.2. The lowest BCUT2D eigenvalue weighted by atomic mass is 10.1. The number of hydrogen-bond donors (Lipinski definition) is 1. The van der Waals surface area contributed by atoms with Crippen molar-refractivity contribution in [3.8, 4) is 0 Å². The molecule has 2 aromatic rings. The summed E-state index contributed by atoms with van der Waals surface area (Å²) in [5, 5.41) is 0. The first kappa shape index (κ1) is 13.3. The van der Waals surface area contributed by atoms with Crippen LogP contribution in [0.5, 0.6) is 0 Å². The molecular weight excluding hydrogens is 234 g/mol. The second-order valence-electron chi connectivity index (χ2n) is 4.69. The maximum absolute atomic E-state index is 11.9. The lowest BCUT2D eigenvalue weighted by Crippen LogP contribution is -1.92. The number of H-pyrrole nitrogens is 1. The van der Waals surface area contributed by atoms with Crippen LogP contribution >= 0.6 is 0 Å². The van der Waals surface area contributed by atoms with E-state index in [9.17, 15) is 4.79 Å². The molecule has 0 fully saturated rings. The number of hydrogen-bond acceptors (Lipinski definition) is 1. The van der Waals surface area contributed by atoms with Crippen molar-refractivity contribution in [2.45, 2.75) is 26.7 Å². The van der Waals surface area contributed by atoms with Crippen molar-refractivity contribution in [3.63, 3.8) is 0 Å². The first-order valence-corrected chi connectivity index (χ1v) is 6.66. The van der Waals surface area contributed by atoms with Gasteiger partial charge in [-0.25, -0.2) is 0 Å². The van der Waals surface area contributed by atoms with Gasteiger partial charge in [-0.05, 0) is 37.1 Å². The minimum absolute atomic E-state index is 0.0323. The average molecular weight is 253 g/mol. The first-order valence-electron chi connectivity index (χ1n) is 6.66. The number of aromatic nitrogens is 1. The maximum Gasteiger partial charge on any atom is 0.185 e. The molecule has 0 amide bonds. The Bertz CT molecular complexity index is 579. The van der Waals surface area contributed by atoms with Crippen molar-refractivity contribution in [2.24, 2.45) is 0 Å². The Morgan fingerprint density at radius 3 is 2.68 bits per heavy atom. The topological polar surface area (TPSA) is 32.9 Å². The van der Waals surface area contributed by atoms with Crippen LogP contribution in [0.1, 0.15) is 40.7 Å². The highest BCUT2D eigenvalue weighted by molar-refractivity contribution is 6.06. The van der Waals surface area contributed by atoms with Gasteiger partial charge in [0.05, 0.1) is 0 Å². The van der Waals surface area contributed by atoms with E-state index >= 15 is 0 Å². The molecule has 0 aliphatic rings. The van der Waals surface area contributed by atoms with E-state index in [4.69, 9.17) is 0 Å². The summed E-state index contributed by atoms with van der Waals surface area (Å²) in [6.07, 6.45) is 5.67. The number of carbonyl (C=O) groups excluding carboxylic acids is 1. The van der Waals surface area contributed by atoms with Crippen molar-refractivity contribution in [3.05, 3.63) is 65.0 Å². The summed E-state index contributed by atoms with van der Waals surface area (Å²) in [6, 6.07) is 11.4.